The minimum absolute atomic E-state index is 0.00329. The van der Waals surface area contributed by atoms with E-state index in [1.54, 1.807) is 0 Å². The number of hydrogen-bond donors (Lipinski definition) is 0. The largest absolute Gasteiger partial charge is 0.434 e. The molecule has 0 fully saturated rings. The van der Waals surface area contributed by atoms with Gasteiger partial charge in [0.05, 0.1) is 4.92 Å². The molecule has 8 heteroatoms. The number of benzene rings is 1. The Balaban J connectivity index is 3.47. The van der Waals surface area contributed by atoms with Crippen molar-refractivity contribution in [2.24, 2.45) is 0 Å². The van der Waals surface area contributed by atoms with Crippen LogP contribution >= 0.6 is 0 Å². The zero-order valence-corrected chi connectivity index (χ0v) is 8.09. The van der Waals surface area contributed by atoms with Gasteiger partial charge in [0.25, 0.3) is 0 Å². The fourth-order valence-corrected chi connectivity index (χ4v) is 1.19. The smallest absolute Gasteiger partial charge is 0.387 e. The van der Waals surface area contributed by atoms with Crippen LogP contribution in [0.25, 0.3) is 0 Å². The van der Waals surface area contributed by atoms with Gasteiger partial charge in [0.1, 0.15) is 22.9 Å². The van der Waals surface area contributed by atoms with Gasteiger partial charge in [0.15, 0.2) is 6.29 Å². The van der Waals surface area contributed by atoms with Gasteiger partial charge in [0, 0.05) is 0 Å². The molecule has 0 amide bonds. The Morgan fingerprint density at radius 1 is 1.53 bits per heavy atom. The van der Waals surface area contributed by atoms with E-state index in [9.17, 15) is 23.7 Å². The summed E-state index contributed by atoms with van der Waals surface area (Å²) in [6.45, 7) is -3.22. The number of rotatable bonds is 4. The van der Waals surface area contributed by atoms with Gasteiger partial charge in [-0.1, -0.05) is 0 Å². The summed E-state index contributed by atoms with van der Waals surface area (Å²) in [7, 11) is 0. The van der Waals surface area contributed by atoms with Crippen LogP contribution < -0.4 is 4.74 Å². The van der Waals surface area contributed by atoms with Crippen LogP contribution in [0.1, 0.15) is 15.9 Å². The van der Waals surface area contributed by atoms with E-state index >= 15 is 0 Å². The number of hydrogen-bond acceptors (Lipinski definition) is 5. The van der Waals surface area contributed by atoms with E-state index in [1.807, 2.05) is 0 Å². The molecule has 0 heterocycles. The molecule has 0 aliphatic carbocycles. The van der Waals surface area contributed by atoms with E-state index in [0.29, 0.717) is 0 Å². The first-order valence-corrected chi connectivity index (χ1v) is 4.12. The summed E-state index contributed by atoms with van der Waals surface area (Å²) in [4.78, 5) is 20.3. The minimum Gasteiger partial charge on any atom is -0.434 e. The van der Waals surface area contributed by atoms with E-state index < -0.39 is 34.1 Å². The van der Waals surface area contributed by atoms with E-state index in [2.05, 4.69) is 4.74 Å². The van der Waals surface area contributed by atoms with Gasteiger partial charge < -0.3 is 4.74 Å². The first kappa shape index (κ1) is 12.5. The van der Waals surface area contributed by atoms with E-state index in [4.69, 9.17) is 5.26 Å². The van der Waals surface area contributed by atoms with Crippen molar-refractivity contribution >= 4 is 12.0 Å². The molecule has 0 bridgehead atoms. The normalized spacial score (nSPS) is 9.76. The average Bonchev–Trinajstić information content (AvgIpc) is 2.27. The van der Waals surface area contributed by atoms with Crippen molar-refractivity contribution in [2.75, 3.05) is 0 Å². The second-order valence-electron chi connectivity index (χ2n) is 2.74. The number of nitrogens with zero attached hydrogens (tertiary/aromatic N) is 2. The average molecular weight is 242 g/mol. The molecule has 1 aromatic rings. The summed E-state index contributed by atoms with van der Waals surface area (Å²) in [6.07, 6.45) is -0.00329. The Bertz CT molecular complexity index is 510. The quantitative estimate of drug-likeness (QED) is 0.456. The van der Waals surface area contributed by atoms with Crippen LogP contribution in [0.4, 0.5) is 14.5 Å². The maximum absolute atomic E-state index is 12.0. The fourth-order valence-electron chi connectivity index (χ4n) is 1.19. The highest BCUT2D eigenvalue weighted by molar-refractivity contribution is 5.87. The van der Waals surface area contributed by atoms with Crippen molar-refractivity contribution < 1.29 is 23.2 Å². The van der Waals surface area contributed by atoms with Crippen molar-refractivity contribution in [3.05, 3.63) is 33.4 Å². The van der Waals surface area contributed by atoms with Crippen molar-refractivity contribution in [1.29, 1.82) is 5.26 Å². The molecule has 0 saturated heterocycles. The van der Waals surface area contributed by atoms with Crippen LogP contribution in [0.3, 0.4) is 0 Å². The molecule has 0 saturated carbocycles. The monoisotopic (exact) mass is 242 g/mol. The Kier molecular flexibility index (Phi) is 3.66. The molecule has 0 N–H and O–H groups in total. The molecular weight excluding hydrogens is 238 g/mol. The lowest BCUT2D eigenvalue weighted by Crippen LogP contribution is -2.07. The highest BCUT2D eigenvalue weighted by Crippen LogP contribution is 2.31. The molecule has 0 atom stereocenters. The van der Waals surface area contributed by atoms with Crippen molar-refractivity contribution in [1.82, 2.24) is 0 Å². The van der Waals surface area contributed by atoms with Crippen LogP contribution in [-0.2, 0) is 0 Å². The number of carbonyl (C=O) groups excluding carboxylic acids is 1. The van der Waals surface area contributed by atoms with Crippen molar-refractivity contribution in [2.45, 2.75) is 6.61 Å². The maximum atomic E-state index is 12.0. The fraction of sp³-hybridized carbons (Fsp3) is 0.111. The summed E-state index contributed by atoms with van der Waals surface area (Å²) >= 11 is 0. The van der Waals surface area contributed by atoms with Crippen LogP contribution in [0.2, 0.25) is 0 Å². The van der Waals surface area contributed by atoms with Crippen LogP contribution in [0.5, 0.6) is 5.75 Å². The lowest BCUT2D eigenvalue weighted by atomic mass is 10.1. The van der Waals surface area contributed by atoms with Crippen molar-refractivity contribution in [3.63, 3.8) is 0 Å². The molecule has 0 aliphatic heterocycles. The van der Waals surface area contributed by atoms with Crippen LogP contribution in [-0.4, -0.2) is 17.8 Å². The third kappa shape index (κ3) is 2.52. The summed E-state index contributed by atoms with van der Waals surface area (Å²) in [5.41, 5.74) is -1.94. The molecule has 88 valence electrons. The summed E-state index contributed by atoms with van der Waals surface area (Å²) in [5.74, 6) is -0.638. The van der Waals surface area contributed by atoms with Crippen LogP contribution in [0.15, 0.2) is 12.1 Å². The third-order valence-corrected chi connectivity index (χ3v) is 1.81. The lowest BCUT2D eigenvalue weighted by Gasteiger charge is -2.07. The Labute approximate surface area is 93.2 Å². The van der Waals surface area contributed by atoms with Gasteiger partial charge in [-0.15, -0.1) is 0 Å². The third-order valence-electron chi connectivity index (χ3n) is 1.81. The molecule has 0 radical (unpaired) electrons. The first-order valence-electron chi connectivity index (χ1n) is 4.12. The predicted octanol–water partition coefficient (Wildman–Crippen LogP) is 1.88. The Morgan fingerprint density at radius 2 is 2.18 bits per heavy atom. The predicted molar refractivity (Wildman–Crippen MR) is 49.8 cm³/mol. The van der Waals surface area contributed by atoms with Crippen LogP contribution in [0, 0.1) is 21.4 Å². The topological polar surface area (TPSA) is 93.2 Å². The first-order chi connectivity index (χ1) is 8.01. The highest BCUT2D eigenvalue weighted by atomic mass is 19.3. The molecule has 0 spiro atoms. The highest BCUT2D eigenvalue weighted by Gasteiger charge is 2.25. The number of halogens is 2. The van der Waals surface area contributed by atoms with Gasteiger partial charge in [0.2, 0.25) is 0 Å². The molecule has 0 aromatic heterocycles. The summed E-state index contributed by atoms with van der Waals surface area (Å²) < 4.78 is 27.9. The second kappa shape index (κ2) is 4.98. The van der Waals surface area contributed by atoms with E-state index in [0.717, 1.165) is 12.1 Å². The maximum Gasteiger partial charge on any atom is 0.387 e. The number of nitro groups is 1. The van der Waals surface area contributed by atoms with Gasteiger partial charge in [-0.2, -0.15) is 14.0 Å². The zero-order chi connectivity index (χ0) is 13.0. The van der Waals surface area contributed by atoms with Gasteiger partial charge >= 0.3 is 12.3 Å². The van der Waals surface area contributed by atoms with E-state index in [1.165, 1.54) is 6.07 Å². The standard InChI is InChI=1S/C9H4F2N2O4/c10-9(11)17-7-2-1-5(3-12)8(13(15)16)6(7)4-14/h1-2,4,9H. The molecule has 0 aliphatic rings. The SMILES string of the molecule is N#Cc1ccc(OC(F)F)c(C=O)c1[N+](=O)[O-]. The number of nitriles is 1. The molecule has 6 nitrogen and oxygen atoms in total. The Hall–Kier alpha value is -2.56. The van der Waals surface area contributed by atoms with Gasteiger partial charge in [-0.25, -0.2) is 0 Å². The number of nitro benzene ring substituents is 1. The van der Waals surface area contributed by atoms with Crippen molar-refractivity contribution in [3.8, 4) is 11.8 Å². The summed E-state index contributed by atoms with van der Waals surface area (Å²) in [5, 5.41) is 19.3. The minimum atomic E-state index is -3.22. The zero-order valence-electron chi connectivity index (χ0n) is 8.09. The molecule has 0 unspecified atom stereocenters. The number of aldehydes is 1. The molecule has 1 rings (SSSR count). The van der Waals surface area contributed by atoms with Gasteiger partial charge in [-0.3, -0.25) is 14.9 Å². The number of ether oxygens (including phenoxy) is 1. The van der Waals surface area contributed by atoms with E-state index in [-0.39, 0.29) is 6.29 Å². The Morgan fingerprint density at radius 3 is 2.59 bits per heavy atom. The lowest BCUT2D eigenvalue weighted by molar-refractivity contribution is -0.385. The molecule has 17 heavy (non-hydrogen) atoms. The number of carbonyl (C=O) groups is 1. The molecular formula is C9H4F2N2O4. The second-order valence-corrected chi connectivity index (χ2v) is 2.74. The van der Waals surface area contributed by atoms with Gasteiger partial charge in [-0.05, 0) is 12.1 Å². The summed E-state index contributed by atoms with van der Waals surface area (Å²) in [6, 6.07) is 3.33. The molecule has 1 aromatic carbocycles. The number of alkyl halides is 2.